The number of hydrogen-bond donors (Lipinski definition) is 1. The van der Waals surface area contributed by atoms with Crippen LogP contribution < -0.4 is 19.7 Å². The number of nitrogens with zero attached hydrogens (tertiary/aromatic N) is 3. The normalized spacial score (nSPS) is 16.1. The summed E-state index contributed by atoms with van der Waals surface area (Å²) >= 11 is 0. The standard InChI is InChI=1S/C25H30N4O3/c1-16-7-8-22-17(2)27-25(28-23(22)10-16)29-9-5-6-19(15-29)24(30)26-14-18-11-20(31-3)13-21(12-18)32-4/h7-8,10-13,19H,5-6,9,14-15H2,1-4H3,(H,26,30). The highest BCUT2D eigenvalue weighted by molar-refractivity contribution is 5.83. The predicted octanol–water partition coefficient (Wildman–Crippen LogP) is 3.80. The molecule has 2 heterocycles. The summed E-state index contributed by atoms with van der Waals surface area (Å²) in [6.07, 6.45) is 1.79. The lowest BCUT2D eigenvalue weighted by molar-refractivity contribution is -0.125. The minimum Gasteiger partial charge on any atom is -0.497 e. The third kappa shape index (κ3) is 4.77. The number of piperidine rings is 1. The summed E-state index contributed by atoms with van der Waals surface area (Å²) in [5.74, 6) is 2.06. The Morgan fingerprint density at radius 3 is 2.56 bits per heavy atom. The molecule has 7 nitrogen and oxygen atoms in total. The van der Waals surface area contributed by atoms with Gasteiger partial charge in [-0.15, -0.1) is 0 Å². The summed E-state index contributed by atoms with van der Waals surface area (Å²) in [5, 5.41) is 4.14. The highest BCUT2D eigenvalue weighted by Crippen LogP contribution is 2.25. The average Bonchev–Trinajstić information content (AvgIpc) is 2.81. The maximum absolute atomic E-state index is 12.9. The zero-order valence-electron chi connectivity index (χ0n) is 19.1. The summed E-state index contributed by atoms with van der Waals surface area (Å²) < 4.78 is 10.6. The fourth-order valence-electron chi connectivity index (χ4n) is 4.20. The van der Waals surface area contributed by atoms with E-state index >= 15 is 0 Å². The third-order valence-corrected chi connectivity index (χ3v) is 5.98. The second kappa shape index (κ2) is 9.42. The number of aryl methyl sites for hydroxylation is 2. The molecule has 0 saturated carbocycles. The van der Waals surface area contributed by atoms with Crippen molar-refractivity contribution in [3.8, 4) is 11.5 Å². The summed E-state index contributed by atoms with van der Waals surface area (Å²) in [6.45, 7) is 5.97. The van der Waals surface area contributed by atoms with E-state index in [0.717, 1.165) is 41.5 Å². The second-order valence-corrected chi connectivity index (χ2v) is 8.35. The Morgan fingerprint density at radius 2 is 1.84 bits per heavy atom. The van der Waals surface area contributed by atoms with Gasteiger partial charge in [-0.05, 0) is 56.0 Å². The summed E-state index contributed by atoms with van der Waals surface area (Å²) in [4.78, 5) is 24.6. The van der Waals surface area contributed by atoms with E-state index in [1.165, 1.54) is 5.56 Å². The Kier molecular flexibility index (Phi) is 6.44. The van der Waals surface area contributed by atoms with Gasteiger partial charge in [0.15, 0.2) is 0 Å². The number of nitrogens with one attached hydrogen (secondary N) is 1. The van der Waals surface area contributed by atoms with Crippen LogP contribution in [0.1, 0.15) is 29.7 Å². The van der Waals surface area contributed by atoms with Crippen molar-refractivity contribution in [1.82, 2.24) is 15.3 Å². The molecule has 2 aromatic carbocycles. The number of carbonyl (C=O) groups is 1. The second-order valence-electron chi connectivity index (χ2n) is 8.35. The van der Waals surface area contributed by atoms with Crippen LogP contribution in [-0.2, 0) is 11.3 Å². The molecule has 1 N–H and O–H groups in total. The van der Waals surface area contributed by atoms with E-state index in [4.69, 9.17) is 19.4 Å². The smallest absolute Gasteiger partial charge is 0.226 e. The molecular formula is C25H30N4O3. The molecule has 1 aliphatic rings. The van der Waals surface area contributed by atoms with Crippen LogP contribution in [0.15, 0.2) is 36.4 Å². The molecule has 32 heavy (non-hydrogen) atoms. The number of benzene rings is 2. The first-order valence-corrected chi connectivity index (χ1v) is 11.0. The van der Waals surface area contributed by atoms with Crippen LogP contribution in [-0.4, -0.2) is 43.2 Å². The van der Waals surface area contributed by atoms with Crippen LogP contribution in [0.4, 0.5) is 5.95 Å². The fraction of sp³-hybridized carbons (Fsp3) is 0.400. The summed E-state index contributed by atoms with van der Waals surface area (Å²) in [5.41, 5.74) is 4.02. The maximum Gasteiger partial charge on any atom is 0.226 e. The molecule has 7 heteroatoms. The maximum atomic E-state index is 12.9. The first kappa shape index (κ1) is 21.9. The lowest BCUT2D eigenvalue weighted by atomic mass is 9.97. The molecule has 0 radical (unpaired) electrons. The van der Waals surface area contributed by atoms with Gasteiger partial charge in [-0.2, -0.15) is 0 Å². The van der Waals surface area contributed by atoms with E-state index in [2.05, 4.69) is 35.3 Å². The fourth-order valence-corrected chi connectivity index (χ4v) is 4.20. The first-order chi connectivity index (χ1) is 15.5. The van der Waals surface area contributed by atoms with Crippen molar-refractivity contribution >= 4 is 22.8 Å². The van der Waals surface area contributed by atoms with Crippen LogP contribution in [0.5, 0.6) is 11.5 Å². The molecule has 3 aromatic rings. The van der Waals surface area contributed by atoms with Gasteiger partial charge in [-0.3, -0.25) is 4.79 Å². The van der Waals surface area contributed by atoms with Gasteiger partial charge < -0.3 is 19.7 Å². The molecule has 1 fully saturated rings. The quantitative estimate of drug-likeness (QED) is 0.636. The zero-order chi connectivity index (χ0) is 22.7. The van der Waals surface area contributed by atoms with Gasteiger partial charge in [0.1, 0.15) is 11.5 Å². The molecular weight excluding hydrogens is 404 g/mol. The molecule has 1 atom stereocenters. The largest absolute Gasteiger partial charge is 0.497 e. The number of rotatable bonds is 6. The van der Waals surface area contributed by atoms with E-state index < -0.39 is 0 Å². The van der Waals surface area contributed by atoms with Gasteiger partial charge in [0.05, 0.1) is 31.3 Å². The zero-order valence-corrected chi connectivity index (χ0v) is 19.1. The Hall–Kier alpha value is -3.35. The number of fused-ring (bicyclic) bond motifs is 1. The lowest BCUT2D eigenvalue weighted by Crippen LogP contribution is -2.43. The molecule has 0 spiro atoms. The molecule has 1 aromatic heterocycles. The number of hydrogen-bond acceptors (Lipinski definition) is 6. The number of anilines is 1. The van der Waals surface area contributed by atoms with Crippen molar-refractivity contribution in [3.05, 3.63) is 53.2 Å². The Bertz CT molecular complexity index is 1110. The SMILES string of the molecule is COc1cc(CNC(=O)C2CCCN(c3nc(C)c4ccc(C)cc4n3)C2)cc(OC)c1. The van der Waals surface area contributed by atoms with Crippen LogP contribution >= 0.6 is 0 Å². The van der Waals surface area contributed by atoms with E-state index in [1.807, 2.05) is 25.1 Å². The van der Waals surface area contributed by atoms with E-state index in [1.54, 1.807) is 14.2 Å². The highest BCUT2D eigenvalue weighted by atomic mass is 16.5. The van der Waals surface area contributed by atoms with Gasteiger partial charge in [0, 0.05) is 31.1 Å². The molecule has 0 aliphatic carbocycles. The van der Waals surface area contributed by atoms with Crippen LogP contribution in [0.25, 0.3) is 10.9 Å². The van der Waals surface area contributed by atoms with Crippen LogP contribution in [0, 0.1) is 19.8 Å². The van der Waals surface area contributed by atoms with Gasteiger partial charge >= 0.3 is 0 Å². The van der Waals surface area contributed by atoms with E-state index in [9.17, 15) is 4.79 Å². The van der Waals surface area contributed by atoms with E-state index in [0.29, 0.717) is 30.5 Å². The topological polar surface area (TPSA) is 76.6 Å². The Labute approximate surface area is 188 Å². The third-order valence-electron chi connectivity index (χ3n) is 5.98. The molecule has 1 aliphatic heterocycles. The van der Waals surface area contributed by atoms with E-state index in [-0.39, 0.29) is 11.8 Å². The van der Waals surface area contributed by atoms with Gasteiger partial charge in [0.25, 0.3) is 0 Å². The first-order valence-electron chi connectivity index (χ1n) is 11.0. The number of carbonyl (C=O) groups excluding carboxylic acids is 1. The van der Waals surface area contributed by atoms with Crippen LogP contribution in [0.2, 0.25) is 0 Å². The molecule has 1 amide bonds. The summed E-state index contributed by atoms with van der Waals surface area (Å²) in [7, 11) is 3.23. The van der Waals surface area contributed by atoms with Crippen molar-refractivity contribution in [2.45, 2.75) is 33.2 Å². The van der Waals surface area contributed by atoms with Crippen molar-refractivity contribution in [3.63, 3.8) is 0 Å². The molecule has 0 bridgehead atoms. The molecule has 1 unspecified atom stereocenters. The van der Waals surface area contributed by atoms with Gasteiger partial charge in [0.2, 0.25) is 11.9 Å². The lowest BCUT2D eigenvalue weighted by Gasteiger charge is -2.32. The van der Waals surface area contributed by atoms with Gasteiger partial charge in [-0.25, -0.2) is 9.97 Å². The van der Waals surface area contributed by atoms with Crippen LogP contribution in [0.3, 0.4) is 0 Å². The average molecular weight is 435 g/mol. The minimum absolute atomic E-state index is 0.0462. The Morgan fingerprint density at radius 1 is 1.09 bits per heavy atom. The highest BCUT2D eigenvalue weighted by Gasteiger charge is 2.27. The van der Waals surface area contributed by atoms with Crippen molar-refractivity contribution in [1.29, 1.82) is 0 Å². The van der Waals surface area contributed by atoms with Gasteiger partial charge in [-0.1, -0.05) is 12.1 Å². The predicted molar refractivity (Wildman–Crippen MR) is 125 cm³/mol. The Balaban J connectivity index is 1.45. The minimum atomic E-state index is -0.103. The number of amides is 1. The number of methoxy groups -OCH3 is 2. The van der Waals surface area contributed by atoms with Crippen molar-refractivity contribution in [2.75, 3.05) is 32.2 Å². The van der Waals surface area contributed by atoms with Crippen molar-refractivity contribution in [2.24, 2.45) is 5.92 Å². The number of ether oxygens (including phenoxy) is 2. The number of aromatic nitrogens is 2. The summed E-state index contributed by atoms with van der Waals surface area (Å²) in [6, 6.07) is 11.9. The van der Waals surface area contributed by atoms with Crippen molar-refractivity contribution < 1.29 is 14.3 Å². The molecule has 1 saturated heterocycles. The molecule has 168 valence electrons. The monoisotopic (exact) mass is 434 g/mol. The molecule has 4 rings (SSSR count).